The van der Waals surface area contributed by atoms with Gasteiger partial charge in [-0.05, 0) is 43.4 Å². The summed E-state index contributed by atoms with van der Waals surface area (Å²) in [5.74, 6) is 2.00. The normalized spacial score (nSPS) is 24.7. The van der Waals surface area contributed by atoms with E-state index in [1.807, 2.05) is 0 Å². The first-order valence-corrected chi connectivity index (χ1v) is 8.53. The number of hydrogen-bond donors (Lipinski definition) is 2. The van der Waals surface area contributed by atoms with Crippen molar-refractivity contribution in [1.29, 1.82) is 0 Å². The second-order valence-electron chi connectivity index (χ2n) is 6.64. The van der Waals surface area contributed by atoms with E-state index in [9.17, 15) is 9.59 Å². The molecule has 2 atom stereocenters. The van der Waals surface area contributed by atoms with Gasteiger partial charge in [0.25, 0.3) is 0 Å². The third kappa shape index (κ3) is 4.58. The Hall–Kier alpha value is -1.82. The van der Waals surface area contributed by atoms with Gasteiger partial charge in [0, 0.05) is 6.54 Å². The van der Waals surface area contributed by atoms with Gasteiger partial charge in [-0.1, -0.05) is 19.3 Å². The second kappa shape index (κ2) is 7.64. The molecule has 2 aliphatic rings. The molecule has 0 aromatic carbocycles. The number of nitrogens with one attached hydrogen (secondary N) is 2. The molecule has 0 unspecified atom stereocenters. The molecule has 2 N–H and O–H groups in total. The summed E-state index contributed by atoms with van der Waals surface area (Å²) >= 11 is 0. The van der Waals surface area contributed by atoms with Crippen LogP contribution >= 0.6 is 0 Å². The average Bonchev–Trinajstić information content (AvgIpc) is 3.06. The first-order valence-electron chi connectivity index (χ1n) is 8.53. The van der Waals surface area contributed by atoms with Crippen LogP contribution in [0.25, 0.3) is 0 Å². The zero-order valence-corrected chi connectivity index (χ0v) is 13.4. The highest BCUT2D eigenvalue weighted by atomic mass is 16.3. The van der Waals surface area contributed by atoms with Gasteiger partial charge in [0.1, 0.15) is 5.76 Å². The van der Waals surface area contributed by atoms with E-state index in [2.05, 4.69) is 15.5 Å². The first-order chi connectivity index (χ1) is 11.2. The van der Waals surface area contributed by atoms with Crippen molar-refractivity contribution < 1.29 is 14.0 Å². The van der Waals surface area contributed by atoms with Crippen LogP contribution in [0.4, 0.5) is 4.79 Å². The van der Waals surface area contributed by atoms with Gasteiger partial charge in [0.2, 0.25) is 5.91 Å². The maximum atomic E-state index is 12.0. The van der Waals surface area contributed by atoms with E-state index < -0.39 is 6.03 Å². The number of fused-ring (bicyclic) bond motifs is 1. The van der Waals surface area contributed by atoms with Gasteiger partial charge in [0.15, 0.2) is 0 Å². The van der Waals surface area contributed by atoms with Gasteiger partial charge in [0.05, 0.1) is 19.4 Å². The summed E-state index contributed by atoms with van der Waals surface area (Å²) in [7, 11) is 0. The van der Waals surface area contributed by atoms with Crippen molar-refractivity contribution in [2.75, 3.05) is 19.6 Å². The number of rotatable bonds is 4. The van der Waals surface area contributed by atoms with E-state index in [4.69, 9.17) is 4.42 Å². The SMILES string of the molecule is O=C(CN1CC[C@H]2CCCC[C@H]2C1)NC(=O)NCc1ccco1. The van der Waals surface area contributed by atoms with Crippen molar-refractivity contribution >= 4 is 11.9 Å². The van der Waals surface area contributed by atoms with Crippen LogP contribution in [-0.2, 0) is 11.3 Å². The molecule has 23 heavy (non-hydrogen) atoms. The third-order valence-corrected chi connectivity index (χ3v) is 5.00. The number of carbonyl (C=O) groups excluding carboxylic acids is 2. The molecule has 2 heterocycles. The molecular formula is C17H25N3O3. The van der Waals surface area contributed by atoms with Crippen molar-refractivity contribution in [2.45, 2.75) is 38.6 Å². The molecule has 126 valence electrons. The monoisotopic (exact) mass is 319 g/mol. The van der Waals surface area contributed by atoms with Crippen LogP contribution in [0.5, 0.6) is 0 Å². The van der Waals surface area contributed by atoms with Gasteiger partial charge in [-0.25, -0.2) is 4.79 Å². The number of furan rings is 1. The minimum Gasteiger partial charge on any atom is -0.467 e. The summed E-state index contributed by atoms with van der Waals surface area (Å²) in [6, 6.07) is 3.06. The Labute approximate surface area is 136 Å². The number of hydrogen-bond acceptors (Lipinski definition) is 4. The Morgan fingerprint density at radius 3 is 2.83 bits per heavy atom. The molecule has 1 saturated heterocycles. The molecule has 1 saturated carbocycles. The fraction of sp³-hybridized carbons (Fsp3) is 0.647. The van der Waals surface area contributed by atoms with Gasteiger partial charge in [-0.15, -0.1) is 0 Å². The van der Waals surface area contributed by atoms with Crippen molar-refractivity contribution in [3.63, 3.8) is 0 Å². The van der Waals surface area contributed by atoms with Crippen LogP contribution < -0.4 is 10.6 Å². The number of piperidine rings is 1. The van der Waals surface area contributed by atoms with Crippen LogP contribution in [-0.4, -0.2) is 36.5 Å². The summed E-state index contributed by atoms with van der Waals surface area (Å²) in [6.07, 6.45) is 8.04. The summed E-state index contributed by atoms with van der Waals surface area (Å²) in [5, 5.41) is 5.00. The van der Waals surface area contributed by atoms with Gasteiger partial charge < -0.3 is 9.73 Å². The molecule has 3 amide bonds. The molecule has 6 nitrogen and oxygen atoms in total. The lowest BCUT2D eigenvalue weighted by atomic mass is 9.75. The van der Waals surface area contributed by atoms with E-state index in [0.717, 1.165) is 24.9 Å². The van der Waals surface area contributed by atoms with E-state index in [-0.39, 0.29) is 12.5 Å². The van der Waals surface area contributed by atoms with Crippen molar-refractivity contribution in [3.05, 3.63) is 24.2 Å². The maximum Gasteiger partial charge on any atom is 0.321 e. The molecule has 0 bridgehead atoms. The second-order valence-corrected chi connectivity index (χ2v) is 6.64. The Morgan fingerprint density at radius 2 is 2.04 bits per heavy atom. The standard InChI is InChI=1S/C17H25N3O3/c21-16(19-17(22)18-10-15-6-3-9-23-15)12-20-8-7-13-4-1-2-5-14(13)11-20/h3,6,9,13-14H,1-2,4-5,7-8,10-12H2,(H2,18,19,21,22)/t13-,14+/m1/s1. The fourth-order valence-corrected chi connectivity index (χ4v) is 3.81. The van der Waals surface area contributed by atoms with Crippen molar-refractivity contribution in [2.24, 2.45) is 11.8 Å². The lowest BCUT2D eigenvalue weighted by Gasteiger charge is -2.41. The number of amides is 3. The Bertz CT molecular complexity index is 529. The van der Waals surface area contributed by atoms with Crippen LogP contribution in [0.2, 0.25) is 0 Å². The molecule has 0 spiro atoms. The number of carbonyl (C=O) groups is 2. The first kappa shape index (κ1) is 16.1. The number of urea groups is 1. The summed E-state index contributed by atoms with van der Waals surface area (Å²) in [6.45, 7) is 2.53. The molecule has 3 rings (SSSR count). The largest absolute Gasteiger partial charge is 0.467 e. The molecule has 1 aromatic heterocycles. The number of likely N-dealkylation sites (tertiary alicyclic amines) is 1. The lowest BCUT2D eigenvalue weighted by molar-refractivity contribution is -0.121. The average molecular weight is 319 g/mol. The zero-order valence-electron chi connectivity index (χ0n) is 13.4. The van der Waals surface area contributed by atoms with Crippen LogP contribution in [0.3, 0.4) is 0 Å². The molecule has 1 aromatic rings. The third-order valence-electron chi connectivity index (χ3n) is 5.00. The van der Waals surface area contributed by atoms with E-state index in [1.54, 1.807) is 18.4 Å². The van der Waals surface area contributed by atoms with Gasteiger partial charge in [-0.3, -0.25) is 15.0 Å². The van der Waals surface area contributed by atoms with E-state index >= 15 is 0 Å². The predicted molar refractivity (Wildman–Crippen MR) is 85.6 cm³/mol. The topological polar surface area (TPSA) is 74.6 Å². The summed E-state index contributed by atoms with van der Waals surface area (Å²) in [5.41, 5.74) is 0. The lowest BCUT2D eigenvalue weighted by Crippen LogP contribution is -2.48. The molecular weight excluding hydrogens is 294 g/mol. The fourth-order valence-electron chi connectivity index (χ4n) is 3.81. The highest BCUT2D eigenvalue weighted by molar-refractivity contribution is 5.95. The van der Waals surface area contributed by atoms with Gasteiger partial charge in [-0.2, -0.15) is 0 Å². The Balaban J connectivity index is 1.38. The molecule has 2 fully saturated rings. The highest BCUT2D eigenvalue weighted by Crippen LogP contribution is 2.35. The summed E-state index contributed by atoms with van der Waals surface area (Å²) < 4.78 is 5.13. The van der Waals surface area contributed by atoms with E-state index in [0.29, 0.717) is 12.3 Å². The Kier molecular flexibility index (Phi) is 5.33. The predicted octanol–water partition coefficient (Wildman–Crippen LogP) is 2.12. The number of nitrogens with zero attached hydrogens (tertiary/aromatic N) is 1. The summed E-state index contributed by atoms with van der Waals surface area (Å²) in [4.78, 5) is 25.9. The van der Waals surface area contributed by atoms with Crippen LogP contribution in [0.15, 0.2) is 22.8 Å². The zero-order chi connectivity index (χ0) is 16.1. The number of imide groups is 1. The molecule has 1 aliphatic heterocycles. The molecule has 6 heteroatoms. The van der Waals surface area contributed by atoms with Crippen molar-refractivity contribution in [3.8, 4) is 0 Å². The maximum absolute atomic E-state index is 12.0. The van der Waals surface area contributed by atoms with Crippen molar-refractivity contribution in [1.82, 2.24) is 15.5 Å². The minimum atomic E-state index is -0.473. The van der Waals surface area contributed by atoms with Crippen LogP contribution in [0, 0.1) is 11.8 Å². The van der Waals surface area contributed by atoms with E-state index in [1.165, 1.54) is 32.1 Å². The highest BCUT2D eigenvalue weighted by Gasteiger charge is 2.31. The van der Waals surface area contributed by atoms with Crippen LogP contribution in [0.1, 0.15) is 37.9 Å². The quantitative estimate of drug-likeness (QED) is 0.891. The van der Waals surface area contributed by atoms with Gasteiger partial charge >= 0.3 is 6.03 Å². The smallest absolute Gasteiger partial charge is 0.321 e. The minimum absolute atomic E-state index is 0.240. The molecule has 1 aliphatic carbocycles. The molecule has 0 radical (unpaired) electrons. The Morgan fingerprint density at radius 1 is 1.22 bits per heavy atom.